The van der Waals surface area contributed by atoms with E-state index in [2.05, 4.69) is 10.3 Å². The smallest absolute Gasteiger partial charge is 0.416 e. The van der Waals surface area contributed by atoms with Gasteiger partial charge in [0.25, 0.3) is 0 Å². The first-order valence-electron chi connectivity index (χ1n) is 7.38. The van der Waals surface area contributed by atoms with Crippen molar-refractivity contribution in [3.05, 3.63) is 77.8 Å². The van der Waals surface area contributed by atoms with Crippen LogP contribution in [0.3, 0.4) is 0 Å². The van der Waals surface area contributed by atoms with Crippen LogP contribution in [0.4, 0.5) is 13.2 Å². The highest BCUT2D eigenvalue weighted by Gasteiger charge is 2.30. The van der Waals surface area contributed by atoms with Crippen LogP contribution in [-0.2, 0) is 19.3 Å². The van der Waals surface area contributed by atoms with Gasteiger partial charge in [-0.3, -0.25) is 4.98 Å². The van der Waals surface area contributed by atoms with Crippen LogP contribution in [0.2, 0.25) is 0 Å². The van der Waals surface area contributed by atoms with Crippen molar-refractivity contribution >= 4 is 0 Å². The van der Waals surface area contributed by atoms with Gasteiger partial charge in [0.2, 0.25) is 0 Å². The van der Waals surface area contributed by atoms with Gasteiger partial charge in [-0.15, -0.1) is 0 Å². The zero-order chi connectivity index (χ0) is 17.0. The van der Waals surface area contributed by atoms with Crippen LogP contribution in [-0.4, -0.2) is 4.98 Å². The van der Waals surface area contributed by atoms with Crippen molar-refractivity contribution in [1.29, 1.82) is 0 Å². The van der Waals surface area contributed by atoms with E-state index in [1.807, 2.05) is 12.1 Å². The standard InChI is InChI=1S/C18H15F3N2O.ClH/c19-18(20,21)15-5-1-4-14(9-15)17-7-6-16(24-17)12-23-11-13-3-2-8-22-10-13;/h1-10,23H,11-12H2;1H/p-1. The molecule has 3 nitrogen and oxygen atoms in total. The van der Waals surface area contributed by atoms with Gasteiger partial charge < -0.3 is 22.1 Å². The fourth-order valence-electron chi connectivity index (χ4n) is 2.31. The predicted octanol–water partition coefficient (Wildman–Crippen LogP) is 1.65. The molecule has 1 aromatic carbocycles. The maximum absolute atomic E-state index is 12.8. The molecule has 2 heterocycles. The molecule has 132 valence electrons. The Morgan fingerprint density at radius 3 is 2.56 bits per heavy atom. The number of benzene rings is 1. The summed E-state index contributed by atoms with van der Waals surface area (Å²) in [6.45, 7) is 1.11. The molecule has 3 aromatic rings. The van der Waals surface area contributed by atoms with Crippen LogP contribution >= 0.6 is 0 Å². The molecular formula is C18H15ClF3N2O-. The lowest BCUT2D eigenvalue weighted by Crippen LogP contribution is -3.00. The SMILES string of the molecule is FC(F)(F)c1cccc(-c2ccc(CNCc3cccnc3)o2)c1.[Cl-]. The Morgan fingerprint density at radius 1 is 1.00 bits per heavy atom. The molecule has 0 atom stereocenters. The molecule has 0 aliphatic rings. The molecule has 25 heavy (non-hydrogen) atoms. The zero-order valence-corrected chi connectivity index (χ0v) is 13.8. The molecule has 2 aromatic heterocycles. The minimum absolute atomic E-state index is 0. The van der Waals surface area contributed by atoms with Gasteiger partial charge in [0.15, 0.2) is 0 Å². The van der Waals surface area contributed by atoms with Gasteiger partial charge in [-0.1, -0.05) is 18.2 Å². The lowest BCUT2D eigenvalue weighted by Gasteiger charge is -2.07. The Bertz CT molecular complexity index is 803. The van der Waals surface area contributed by atoms with Crippen molar-refractivity contribution in [1.82, 2.24) is 10.3 Å². The van der Waals surface area contributed by atoms with E-state index in [4.69, 9.17) is 4.42 Å². The molecule has 7 heteroatoms. The molecule has 0 bridgehead atoms. The van der Waals surface area contributed by atoms with Gasteiger partial charge in [0, 0.05) is 24.5 Å². The minimum atomic E-state index is -4.36. The summed E-state index contributed by atoms with van der Waals surface area (Å²) in [5, 5.41) is 3.20. The molecule has 0 aliphatic carbocycles. The number of rotatable bonds is 5. The third kappa shape index (κ3) is 5.08. The summed E-state index contributed by atoms with van der Waals surface area (Å²) in [5.74, 6) is 1.07. The minimum Gasteiger partial charge on any atom is -1.00 e. The summed E-state index contributed by atoms with van der Waals surface area (Å²) in [7, 11) is 0. The average Bonchev–Trinajstić information content (AvgIpc) is 3.04. The summed E-state index contributed by atoms with van der Waals surface area (Å²) >= 11 is 0. The molecule has 0 fully saturated rings. The van der Waals surface area contributed by atoms with E-state index in [0.717, 1.165) is 17.7 Å². The molecule has 0 saturated heterocycles. The van der Waals surface area contributed by atoms with Crippen molar-refractivity contribution in [2.75, 3.05) is 0 Å². The summed E-state index contributed by atoms with van der Waals surface area (Å²) < 4.78 is 43.9. The third-order valence-electron chi connectivity index (χ3n) is 3.49. The van der Waals surface area contributed by atoms with Gasteiger partial charge in [0.05, 0.1) is 12.1 Å². The van der Waals surface area contributed by atoms with Crippen molar-refractivity contribution in [2.45, 2.75) is 19.3 Å². The number of pyridine rings is 1. The van der Waals surface area contributed by atoms with E-state index in [-0.39, 0.29) is 12.4 Å². The Hall–Kier alpha value is -2.31. The van der Waals surface area contributed by atoms with E-state index in [1.165, 1.54) is 6.07 Å². The van der Waals surface area contributed by atoms with Crippen LogP contribution in [0.5, 0.6) is 0 Å². The predicted molar refractivity (Wildman–Crippen MR) is 83.9 cm³/mol. The molecule has 0 unspecified atom stereocenters. The summed E-state index contributed by atoms with van der Waals surface area (Å²) in [6, 6.07) is 12.4. The van der Waals surface area contributed by atoms with Gasteiger partial charge in [-0.05, 0) is 35.9 Å². The first-order chi connectivity index (χ1) is 11.5. The van der Waals surface area contributed by atoms with E-state index in [9.17, 15) is 13.2 Å². The highest BCUT2D eigenvalue weighted by atomic mass is 35.5. The molecule has 3 rings (SSSR count). The largest absolute Gasteiger partial charge is 1.00 e. The normalized spacial score (nSPS) is 11.2. The van der Waals surface area contributed by atoms with E-state index >= 15 is 0 Å². The van der Waals surface area contributed by atoms with Crippen molar-refractivity contribution in [2.24, 2.45) is 0 Å². The van der Waals surface area contributed by atoms with E-state index in [1.54, 1.807) is 30.6 Å². The Balaban J connectivity index is 0.00000225. The quantitative estimate of drug-likeness (QED) is 0.745. The summed E-state index contributed by atoms with van der Waals surface area (Å²) in [5.41, 5.74) is 0.762. The number of hydrogen-bond acceptors (Lipinski definition) is 3. The third-order valence-corrected chi connectivity index (χ3v) is 3.49. The fourth-order valence-corrected chi connectivity index (χ4v) is 2.31. The highest BCUT2D eigenvalue weighted by Crippen LogP contribution is 2.32. The van der Waals surface area contributed by atoms with E-state index in [0.29, 0.717) is 30.2 Å². The Labute approximate surface area is 149 Å². The first-order valence-corrected chi connectivity index (χ1v) is 7.38. The second-order valence-electron chi connectivity index (χ2n) is 5.31. The molecule has 0 saturated carbocycles. The summed E-state index contributed by atoms with van der Waals surface area (Å²) in [4.78, 5) is 4.03. The van der Waals surface area contributed by atoms with Gasteiger partial charge >= 0.3 is 6.18 Å². The lowest BCUT2D eigenvalue weighted by atomic mass is 10.1. The number of hydrogen-bond donors (Lipinski definition) is 1. The molecule has 0 radical (unpaired) electrons. The number of alkyl halides is 3. The maximum atomic E-state index is 12.8. The molecular weight excluding hydrogens is 353 g/mol. The van der Waals surface area contributed by atoms with Crippen molar-refractivity contribution < 1.29 is 30.0 Å². The second kappa shape index (κ2) is 8.18. The van der Waals surface area contributed by atoms with Crippen molar-refractivity contribution in [3.8, 4) is 11.3 Å². The Morgan fingerprint density at radius 2 is 1.84 bits per heavy atom. The van der Waals surface area contributed by atoms with Crippen LogP contribution in [0.1, 0.15) is 16.9 Å². The molecule has 0 spiro atoms. The molecule has 0 amide bonds. The average molecular weight is 368 g/mol. The second-order valence-corrected chi connectivity index (χ2v) is 5.31. The Kier molecular flexibility index (Phi) is 6.22. The number of furan rings is 1. The molecule has 0 aliphatic heterocycles. The van der Waals surface area contributed by atoms with Crippen LogP contribution in [0.15, 0.2) is 65.3 Å². The number of nitrogens with zero attached hydrogens (tertiary/aromatic N) is 1. The zero-order valence-electron chi connectivity index (χ0n) is 13.1. The topological polar surface area (TPSA) is 38.1 Å². The number of aromatic nitrogens is 1. The van der Waals surface area contributed by atoms with Gasteiger partial charge in [-0.25, -0.2) is 0 Å². The highest BCUT2D eigenvalue weighted by molar-refractivity contribution is 5.58. The molecule has 1 N–H and O–H groups in total. The summed E-state index contributed by atoms with van der Waals surface area (Å²) in [6.07, 6.45) is -0.892. The number of halogens is 4. The first kappa shape index (κ1) is 19.0. The van der Waals surface area contributed by atoms with Gasteiger partial charge in [0.1, 0.15) is 11.5 Å². The fraction of sp³-hybridized carbons (Fsp3) is 0.167. The monoisotopic (exact) mass is 367 g/mol. The van der Waals surface area contributed by atoms with Crippen molar-refractivity contribution in [3.63, 3.8) is 0 Å². The van der Waals surface area contributed by atoms with Crippen LogP contribution in [0, 0.1) is 0 Å². The lowest BCUT2D eigenvalue weighted by molar-refractivity contribution is -0.137. The van der Waals surface area contributed by atoms with Crippen LogP contribution < -0.4 is 17.7 Å². The van der Waals surface area contributed by atoms with Crippen LogP contribution in [0.25, 0.3) is 11.3 Å². The van der Waals surface area contributed by atoms with E-state index < -0.39 is 11.7 Å². The number of nitrogens with one attached hydrogen (secondary N) is 1. The van der Waals surface area contributed by atoms with Gasteiger partial charge in [-0.2, -0.15) is 13.2 Å². The maximum Gasteiger partial charge on any atom is 0.416 e.